The second-order valence-corrected chi connectivity index (χ2v) is 5.23. The van der Waals surface area contributed by atoms with Crippen LogP contribution in [0.25, 0.3) is 11.4 Å². The number of hydrogen-bond acceptors (Lipinski definition) is 2. The molecular formula is C13H10Br2F2N2. The van der Waals surface area contributed by atoms with Gasteiger partial charge in [0.15, 0.2) is 17.5 Å². The molecule has 0 unspecified atom stereocenters. The van der Waals surface area contributed by atoms with Crippen LogP contribution in [0.3, 0.4) is 0 Å². The topological polar surface area (TPSA) is 25.8 Å². The molecule has 0 amide bonds. The fourth-order valence-corrected chi connectivity index (χ4v) is 2.66. The van der Waals surface area contributed by atoms with E-state index in [4.69, 9.17) is 0 Å². The van der Waals surface area contributed by atoms with E-state index in [1.807, 2.05) is 6.92 Å². The van der Waals surface area contributed by atoms with Crippen LogP contribution in [0.1, 0.15) is 18.2 Å². The molecule has 6 heteroatoms. The van der Waals surface area contributed by atoms with Crippen molar-refractivity contribution in [3.05, 3.63) is 45.7 Å². The highest BCUT2D eigenvalue weighted by atomic mass is 79.9. The van der Waals surface area contributed by atoms with E-state index >= 15 is 0 Å². The number of aryl methyl sites for hydroxylation is 1. The molecule has 100 valence electrons. The Balaban J connectivity index is 2.56. The highest BCUT2D eigenvalue weighted by molar-refractivity contribution is 9.10. The zero-order valence-electron chi connectivity index (χ0n) is 10.1. The van der Waals surface area contributed by atoms with Gasteiger partial charge in [0.05, 0.1) is 4.47 Å². The van der Waals surface area contributed by atoms with Crippen molar-refractivity contribution in [2.24, 2.45) is 0 Å². The first kappa shape index (κ1) is 14.5. The molecule has 2 rings (SSSR count). The zero-order chi connectivity index (χ0) is 14.0. The van der Waals surface area contributed by atoms with Crippen molar-refractivity contribution in [1.29, 1.82) is 0 Å². The predicted molar refractivity (Wildman–Crippen MR) is 77.1 cm³/mol. The second-order valence-electron chi connectivity index (χ2n) is 3.88. The van der Waals surface area contributed by atoms with Crippen LogP contribution in [0, 0.1) is 11.6 Å². The van der Waals surface area contributed by atoms with Gasteiger partial charge in [-0.05, 0) is 34.5 Å². The minimum absolute atomic E-state index is 0.0427. The quantitative estimate of drug-likeness (QED) is 0.562. The van der Waals surface area contributed by atoms with Crippen molar-refractivity contribution >= 4 is 31.9 Å². The molecule has 0 aliphatic carbocycles. The lowest BCUT2D eigenvalue weighted by atomic mass is 10.1. The van der Waals surface area contributed by atoms with E-state index < -0.39 is 11.6 Å². The van der Waals surface area contributed by atoms with Crippen molar-refractivity contribution < 1.29 is 8.78 Å². The highest BCUT2D eigenvalue weighted by Gasteiger charge is 2.15. The summed E-state index contributed by atoms with van der Waals surface area (Å²) in [5.41, 5.74) is 2.32. The molecule has 19 heavy (non-hydrogen) atoms. The fourth-order valence-electron chi connectivity index (χ4n) is 1.69. The van der Waals surface area contributed by atoms with Crippen LogP contribution in [0.15, 0.2) is 22.8 Å². The monoisotopic (exact) mass is 390 g/mol. The van der Waals surface area contributed by atoms with Crippen molar-refractivity contribution in [3.8, 4) is 11.4 Å². The second kappa shape index (κ2) is 6.05. The van der Waals surface area contributed by atoms with Gasteiger partial charge in [-0.15, -0.1) is 0 Å². The Labute approximate surface area is 126 Å². The van der Waals surface area contributed by atoms with Gasteiger partial charge in [-0.1, -0.05) is 22.9 Å². The highest BCUT2D eigenvalue weighted by Crippen LogP contribution is 2.30. The molecule has 1 aromatic carbocycles. The smallest absolute Gasteiger partial charge is 0.173 e. The van der Waals surface area contributed by atoms with Gasteiger partial charge in [-0.2, -0.15) is 0 Å². The van der Waals surface area contributed by atoms with Gasteiger partial charge >= 0.3 is 0 Å². The van der Waals surface area contributed by atoms with Crippen molar-refractivity contribution in [1.82, 2.24) is 9.97 Å². The lowest BCUT2D eigenvalue weighted by Crippen LogP contribution is -2.00. The summed E-state index contributed by atoms with van der Waals surface area (Å²) in [5, 5.41) is 0.662. The Kier molecular flexibility index (Phi) is 4.62. The van der Waals surface area contributed by atoms with Gasteiger partial charge < -0.3 is 0 Å². The van der Waals surface area contributed by atoms with E-state index in [9.17, 15) is 8.78 Å². The van der Waals surface area contributed by atoms with E-state index in [1.54, 1.807) is 6.20 Å². The van der Waals surface area contributed by atoms with Gasteiger partial charge in [0.25, 0.3) is 0 Å². The molecule has 0 bridgehead atoms. The van der Waals surface area contributed by atoms with Crippen molar-refractivity contribution in [2.45, 2.75) is 18.7 Å². The van der Waals surface area contributed by atoms with Gasteiger partial charge in [0, 0.05) is 28.3 Å². The minimum Gasteiger partial charge on any atom is -0.236 e. The Morgan fingerprint density at radius 2 is 2.00 bits per heavy atom. The van der Waals surface area contributed by atoms with Crippen LogP contribution in [-0.4, -0.2) is 9.97 Å². The Morgan fingerprint density at radius 3 is 2.63 bits per heavy atom. The SMILES string of the molecule is CCc1nc(-c2ccc(F)c(F)c2Br)ncc1CBr. The van der Waals surface area contributed by atoms with Crippen molar-refractivity contribution in [3.63, 3.8) is 0 Å². The predicted octanol–water partition coefficient (Wildman–Crippen LogP) is 4.64. The number of rotatable bonds is 3. The lowest BCUT2D eigenvalue weighted by molar-refractivity contribution is 0.504. The fraction of sp³-hybridized carbons (Fsp3) is 0.231. The summed E-state index contributed by atoms with van der Waals surface area (Å²) in [6, 6.07) is 2.54. The largest absolute Gasteiger partial charge is 0.236 e. The molecule has 0 atom stereocenters. The molecule has 0 radical (unpaired) electrons. The molecule has 2 aromatic rings. The molecule has 0 saturated heterocycles. The summed E-state index contributed by atoms with van der Waals surface area (Å²) in [6.45, 7) is 1.98. The summed E-state index contributed by atoms with van der Waals surface area (Å²) in [5.74, 6) is -1.44. The van der Waals surface area contributed by atoms with Crippen LogP contribution in [0.2, 0.25) is 0 Å². The summed E-state index contributed by atoms with van der Waals surface area (Å²) < 4.78 is 26.6. The minimum atomic E-state index is -0.927. The summed E-state index contributed by atoms with van der Waals surface area (Å²) in [7, 11) is 0. The summed E-state index contributed by atoms with van der Waals surface area (Å²) in [4.78, 5) is 8.60. The Hall–Kier alpha value is -0.880. The van der Waals surface area contributed by atoms with Gasteiger partial charge in [0.1, 0.15) is 0 Å². The van der Waals surface area contributed by atoms with Crippen LogP contribution in [0.4, 0.5) is 8.78 Å². The standard InChI is InChI=1S/C13H10Br2F2N2/c1-2-10-7(5-14)6-18-13(19-10)8-3-4-9(16)12(17)11(8)15/h3-4,6H,2,5H2,1H3. The molecular weight excluding hydrogens is 382 g/mol. The maximum Gasteiger partial charge on any atom is 0.173 e. The first-order valence-electron chi connectivity index (χ1n) is 5.63. The average molecular weight is 392 g/mol. The lowest BCUT2D eigenvalue weighted by Gasteiger charge is -2.08. The first-order valence-corrected chi connectivity index (χ1v) is 7.54. The molecule has 0 fully saturated rings. The van der Waals surface area contributed by atoms with E-state index in [1.165, 1.54) is 6.07 Å². The number of benzene rings is 1. The Morgan fingerprint density at radius 1 is 1.26 bits per heavy atom. The maximum atomic E-state index is 13.5. The van der Waals surface area contributed by atoms with E-state index in [0.717, 1.165) is 23.7 Å². The summed E-state index contributed by atoms with van der Waals surface area (Å²) >= 11 is 6.41. The Bertz CT molecular complexity index is 618. The van der Waals surface area contributed by atoms with E-state index in [0.29, 0.717) is 16.7 Å². The third kappa shape index (κ3) is 2.84. The molecule has 2 nitrogen and oxygen atoms in total. The van der Waals surface area contributed by atoms with Gasteiger partial charge in [-0.25, -0.2) is 18.7 Å². The number of alkyl halides is 1. The molecule has 1 aromatic heterocycles. The third-order valence-corrected chi connectivity index (χ3v) is 4.09. The number of nitrogens with zero attached hydrogens (tertiary/aromatic N) is 2. The van der Waals surface area contributed by atoms with Crippen LogP contribution >= 0.6 is 31.9 Å². The molecule has 0 saturated carbocycles. The van der Waals surface area contributed by atoms with Gasteiger partial charge in [0.2, 0.25) is 0 Å². The third-order valence-electron chi connectivity index (χ3n) is 2.71. The van der Waals surface area contributed by atoms with E-state index in [-0.39, 0.29) is 4.47 Å². The van der Waals surface area contributed by atoms with E-state index in [2.05, 4.69) is 41.8 Å². The van der Waals surface area contributed by atoms with Gasteiger partial charge in [-0.3, -0.25) is 0 Å². The number of aromatic nitrogens is 2. The first-order chi connectivity index (χ1) is 9.08. The van der Waals surface area contributed by atoms with Crippen molar-refractivity contribution in [2.75, 3.05) is 0 Å². The summed E-state index contributed by atoms with van der Waals surface area (Å²) in [6.07, 6.45) is 2.45. The van der Waals surface area contributed by atoms with Crippen LogP contribution < -0.4 is 0 Å². The average Bonchev–Trinajstić information content (AvgIpc) is 2.44. The zero-order valence-corrected chi connectivity index (χ0v) is 13.2. The maximum absolute atomic E-state index is 13.5. The molecule has 0 spiro atoms. The normalized spacial score (nSPS) is 10.8. The molecule has 0 aliphatic heterocycles. The van der Waals surface area contributed by atoms with Crippen LogP contribution in [0.5, 0.6) is 0 Å². The van der Waals surface area contributed by atoms with Crippen LogP contribution in [-0.2, 0) is 11.8 Å². The molecule has 0 N–H and O–H groups in total. The molecule has 0 aliphatic rings. The number of hydrogen-bond donors (Lipinski definition) is 0. The molecule has 1 heterocycles. The number of halogens is 4.